The van der Waals surface area contributed by atoms with Crippen LogP contribution in [0.4, 0.5) is 5.95 Å². The molecule has 0 saturated carbocycles. The van der Waals surface area contributed by atoms with Crippen molar-refractivity contribution in [3.05, 3.63) is 60.4 Å². The van der Waals surface area contributed by atoms with Crippen molar-refractivity contribution < 1.29 is 0 Å². The highest BCUT2D eigenvalue weighted by Crippen LogP contribution is 2.16. The van der Waals surface area contributed by atoms with Gasteiger partial charge in [-0.3, -0.25) is 0 Å². The van der Waals surface area contributed by atoms with Gasteiger partial charge in [0.25, 0.3) is 5.95 Å². The standard InChI is InChI=1S/C18H19N5/c1-4-16(5-2)21-18-19-10-15-11-20-23(17(15)22-18)12-14-8-6-7-13(3)9-14/h4,6-11H,1,5,12H2,2-3H3. The Bertz CT molecular complexity index is 876. The molecule has 0 fully saturated rings. The fraction of sp³-hybridized carbons (Fsp3) is 0.222. The van der Waals surface area contributed by atoms with Crippen molar-refractivity contribution in [3.8, 4) is 0 Å². The first-order valence-electron chi connectivity index (χ1n) is 7.63. The lowest BCUT2D eigenvalue weighted by atomic mass is 10.1. The van der Waals surface area contributed by atoms with Gasteiger partial charge in [0.1, 0.15) is 0 Å². The molecule has 2 heterocycles. The van der Waals surface area contributed by atoms with E-state index in [9.17, 15) is 0 Å². The molecule has 0 amide bonds. The number of aliphatic imine (C=N–C) groups is 1. The minimum absolute atomic E-state index is 0.445. The number of aryl methyl sites for hydroxylation is 1. The van der Waals surface area contributed by atoms with Crippen molar-refractivity contribution in [1.29, 1.82) is 0 Å². The van der Waals surface area contributed by atoms with Crippen molar-refractivity contribution in [3.63, 3.8) is 0 Å². The van der Waals surface area contributed by atoms with Crippen molar-refractivity contribution in [2.45, 2.75) is 26.8 Å². The summed E-state index contributed by atoms with van der Waals surface area (Å²) in [7, 11) is 0. The van der Waals surface area contributed by atoms with E-state index in [1.54, 1.807) is 18.5 Å². The predicted octanol–water partition coefficient (Wildman–Crippen LogP) is 3.85. The largest absolute Gasteiger partial charge is 0.251 e. The molecular formula is C18H19N5. The highest BCUT2D eigenvalue weighted by molar-refractivity contribution is 5.95. The zero-order valence-corrected chi connectivity index (χ0v) is 13.4. The number of benzene rings is 1. The molecule has 0 N–H and O–H groups in total. The third-order valence-corrected chi connectivity index (χ3v) is 3.62. The van der Waals surface area contributed by atoms with Crippen molar-refractivity contribution in [2.24, 2.45) is 4.99 Å². The Morgan fingerprint density at radius 2 is 2.22 bits per heavy atom. The SMILES string of the molecule is C=CC(CC)=Nc1ncc2cnn(Cc3cccc(C)c3)c2n1. The Hall–Kier alpha value is -2.82. The number of allylic oxidation sites excluding steroid dienone is 1. The molecule has 5 heteroatoms. The molecule has 3 aromatic rings. The van der Waals surface area contributed by atoms with Gasteiger partial charge in [-0.25, -0.2) is 14.7 Å². The van der Waals surface area contributed by atoms with E-state index in [4.69, 9.17) is 0 Å². The lowest BCUT2D eigenvalue weighted by Crippen LogP contribution is -2.03. The quantitative estimate of drug-likeness (QED) is 0.673. The molecule has 116 valence electrons. The minimum atomic E-state index is 0.445. The summed E-state index contributed by atoms with van der Waals surface area (Å²) >= 11 is 0. The second kappa shape index (κ2) is 6.52. The Labute approximate surface area is 135 Å². The van der Waals surface area contributed by atoms with E-state index in [1.807, 2.05) is 11.6 Å². The maximum absolute atomic E-state index is 4.54. The van der Waals surface area contributed by atoms with Gasteiger partial charge in [-0.2, -0.15) is 10.1 Å². The Kier molecular flexibility index (Phi) is 4.28. The Balaban J connectivity index is 1.98. The van der Waals surface area contributed by atoms with Gasteiger partial charge in [0.2, 0.25) is 0 Å². The topological polar surface area (TPSA) is 56.0 Å². The van der Waals surface area contributed by atoms with E-state index in [-0.39, 0.29) is 0 Å². The van der Waals surface area contributed by atoms with Crippen molar-refractivity contribution in [2.75, 3.05) is 0 Å². The average Bonchev–Trinajstić information content (AvgIpc) is 2.95. The second-order valence-corrected chi connectivity index (χ2v) is 5.40. The van der Waals surface area contributed by atoms with Crippen LogP contribution in [-0.4, -0.2) is 25.5 Å². The molecule has 0 aliphatic rings. The fourth-order valence-corrected chi connectivity index (χ4v) is 2.41. The van der Waals surface area contributed by atoms with Crippen molar-refractivity contribution in [1.82, 2.24) is 19.7 Å². The first-order valence-corrected chi connectivity index (χ1v) is 7.63. The van der Waals surface area contributed by atoms with Crippen LogP contribution in [0.3, 0.4) is 0 Å². The second-order valence-electron chi connectivity index (χ2n) is 5.40. The highest BCUT2D eigenvalue weighted by Gasteiger charge is 2.07. The van der Waals surface area contributed by atoms with Crippen LogP contribution in [0.1, 0.15) is 24.5 Å². The molecule has 0 radical (unpaired) electrons. The van der Waals surface area contributed by atoms with Gasteiger partial charge >= 0.3 is 0 Å². The lowest BCUT2D eigenvalue weighted by Gasteiger charge is -2.04. The van der Waals surface area contributed by atoms with Gasteiger partial charge < -0.3 is 0 Å². The molecule has 0 unspecified atom stereocenters. The predicted molar refractivity (Wildman–Crippen MR) is 93.2 cm³/mol. The molecule has 0 atom stereocenters. The highest BCUT2D eigenvalue weighted by atomic mass is 15.3. The van der Waals surface area contributed by atoms with Crippen LogP contribution in [0.2, 0.25) is 0 Å². The Morgan fingerprint density at radius 3 is 2.96 bits per heavy atom. The minimum Gasteiger partial charge on any atom is -0.243 e. The summed E-state index contributed by atoms with van der Waals surface area (Å²) in [5, 5.41) is 5.34. The first-order chi connectivity index (χ1) is 11.2. The molecule has 0 aliphatic heterocycles. The summed E-state index contributed by atoms with van der Waals surface area (Å²) < 4.78 is 1.88. The van der Waals surface area contributed by atoms with E-state index >= 15 is 0 Å². The molecule has 23 heavy (non-hydrogen) atoms. The number of fused-ring (bicyclic) bond motifs is 1. The third kappa shape index (κ3) is 3.34. The van der Waals surface area contributed by atoms with Crippen molar-refractivity contribution >= 4 is 22.7 Å². The van der Waals surface area contributed by atoms with Gasteiger partial charge in [0.05, 0.1) is 18.1 Å². The van der Waals surface area contributed by atoms with Gasteiger partial charge in [-0.05, 0) is 25.0 Å². The maximum atomic E-state index is 4.54. The van der Waals surface area contributed by atoms with E-state index < -0.39 is 0 Å². The van der Waals surface area contributed by atoms with Gasteiger partial charge in [0, 0.05) is 11.9 Å². The monoisotopic (exact) mass is 305 g/mol. The van der Waals surface area contributed by atoms with E-state index in [0.29, 0.717) is 12.5 Å². The van der Waals surface area contributed by atoms with Gasteiger partial charge in [-0.1, -0.05) is 43.3 Å². The average molecular weight is 305 g/mol. The summed E-state index contributed by atoms with van der Waals surface area (Å²) in [6.07, 6.45) is 6.08. The van der Waals surface area contributed by atoms with Crippen LogP contribution in [0.5, 0.6) is 0 Å². The van der Waals surface area contributed by atoms with Gasteiger partial charge in [-0.15, -0.1) is 0 Å². The molecule has 0 bridgehead atoms. The molecule has 1 aromatic carbocycles. The van der Waals surface area contributed by atoms with Crippen LogP contribution < -0.4 is 0 Å². The van der Waals surface area contributed by atoms with Gasteiger partial charge in [0.15, 0.2) is 5.65 Å². The summed E-state index contributed by atoms with van der Waals surface area (Å²) in [6.45, 7) is 8.55. The normalized spacial score (nSPS) is 11.8. The molecule has 0 spiro atoms. The number of aromatic nitrogens is 4. The first kappa shape index (κ1) is 15.1. The molecule has 0 aliphatic carbocycles. The van der Waals surface area contributed by atoms with Crippen LogP contribution in [0.15, 0.2) is 54.3 Å². The van der Waals surface area contributed by atoms with E-state index in [2.05, 4.69) is 57.8 Å². The molecule has 0 saturated heterocycles. The number of rotatable bonds is 5. The van der Waals surface area contributed by atoms with Crippen LogP contribution in [0.25, 0.3) is 11.0 Å². The summed E-state index contributed by atoms with van der Waals surface area (Å²) in [4.78, 5) is 13.2. The maximum Gasteiger partial charge on any atom is 0.251 e. The molecule has 3 rings (SSSR count). The zero-order chi connectivity index (χ0) is 16.2. The third-order valence-electron chi connectivity index (χ3n) is 3.62. The van der Waals surface area contributed by atoms with E-state index in [0.717, 1.165) is 23.2 Å². The molecule has 5 nitrogen and oxygen atoms in total. The van der Waals surface area contributed by atoms with Crippen LogP contribution in [-0.2, 0) is 6.54 Å². The molecule has 2 aromatic heterocycles. The summed E-state index contributed by atoms with van der Waals surface area (Å²) in [5.74, 6) is 0.445. The number of hydrogen-bond donors (Lipinski definition) is 0. The summed E-state index contributed by atoms with van der Waals surface area (Å²) in [5.41, 5.74) is 4.09. The summed E-state index contributed by atoms with van der Waals surface area (Å²) in [6, 6.07) is 8.38. The Morgan fingerprint density at radius 1 is 1.35 bits per heavy atom. The van der Waals surface area contributed by atoms with Crippen LogP contribution in [0, 0.1) is 6.92 Å². The number of hydrogen-bond acceptors (Lipinski definition) is 4. The molecular weight excluding hydrogens is 286 g/mol. The number of nitrogens with zero attached hydrogens (tertiary/aromatic N) is 5. The lowest BCUT2D eigenvalue weighted by molar-refractivity contribution is 0.703. The van der Waals surface area contributed by atoms with Crippen LogP contribution >= 0.6 is 0 Å². The smallest absolute Gasteiger partial charge is 0.243 e. The van der Waals surface area contributed by atoms with E-state index in [1.165, 1.54) is 11.1 Å². The zero-order valence-electron chi connectivity index (χ0n) is 13.4. The fourth-order valence-electron chi connectivity index (χ4n) is 2.41.